The first-order valence-electron chi connectivity index (χ1n) is 9.78. The summed E-state index contributed by atoms with van der Waals surface area (Å²) in [5.41, 5.74) is 6.40. The second-order valence-electron chi connectivity index (χ2n) is 7.29. The molecule has 0 aliphatic carbocycles. The van der Waals surface area contributed by atoms with E-state index in [1.165, 1.54) is 12.1 Å². The van der Waals surface area contributed by atoms with Crippen LogP contribution in [0.25, 0.3) is 33.7 Å². The Morgan fingerprint density at radius 1 is 0.935 bits per heavy atom. The molecule has 3 heterocycles. The zero-order valence-corrected chi connectivity index (χ0v) is 16.7. The number of hydrogen-bond donors (Lipinski definition) is 2. The van der Waals surface area contributed by atoms with Gasteiger partial charge in [-0.15, -0.1) is 0 Å². The Balaban J connectivity index is 1.63. The van der Waals surface area contributed by atoms with Gasteiger partial charge in [0.25, 0.3) is 0 Å². The second-order valence-corrected chi connectivity index (χ2v) is 7.29. The van der Waals surface area contributed by atoms with Crippen molar-refractivity contribution in [3.8, 4) is 28.4 Å². The fraction of sp³-hybridized carbons (Fsp3) is 0.0833. The summed E-state index contributed by atoms with van der Waals surface area (Å²) >= 11 is 0. The van der Waals surface area contributed by atoms with Gasteiger partial charge in [0.2, 0.25) is 0 Å². The van der Waals surface area contributed by atoms with Gasteiger partial charge in [0.05, 0.1) is 28.1 Å². The molecular weight excluding hydrogens is 393 g/mol. The molecule has 0 unspecified atom stereocenters. The third-order valence-electron chi connectivity index (χ3n) is 5.02. The van der Waals surface area contributed by atoms with Gasteiger partial charge in [-0.05, 0) is 48.9 Å². The first-order valence-corrected chi connectivity index (χ1v) is 9.78. The zero-order valence-electron chi connectivity index (χ0n) is 16.7. The minimum absolute atomic E-state index is 0.377. The fourth-order valence-electron chi connectivity index (χ4n) is 3.55. The maximum atomic E-state index is 13.4. The molecule has 2 N–H and O–H groups in total. The molecule has 0 amide bonds. The van der Waals surface area contributed by atoms with Gasteiger partial charge in [0.1, 0.15) is 5.82 Å². The lowest BCUT2D eigenvalue weighted by Gasteiger charge is -2.04. The van der Waals surface area contributed by atoms with Gasteiger partial charge in [-0.1, -0.05) is 18.2 Å². The van der Waals surface area contributed by atoms with Crippen molar-refractivity contribution < 1.29 is 9.50 Å². The van der Waals surface area contributed by atoms with Crippen LogP contribution < -0.4 is 0 Å². The number of benzene rings is 2. The number of nitrogens with one attached hydrogen (secondary N) is 1. The van der Waals surface area contributed by atoms with Gasteiger partial charge < -0.3 is 10.1 Å². The zero-order chi connectivity index (χ0) is 21.4. The molecule has 0 saturated heterocycles. The molecule has 0 bridgehead atoms. The number of aromatic amines is 1. The minimum atomic E-state index is -0.647. The van der Waals surface area contributed by atoms with Crippen molar-refractivity contribution >= 4 is 11.0 Å². The van der Waals surface area contributed by atoms with Crippen LogP contribution in [0.4, 0.5) is 4.39 Å². The summed E-state index contributed by atoms with van der Waals surface area (Å²) in [5, 5.41) is 9.70. The summed E-state index contributed by atoms with van der Waals surface area (Å²) in [6, 6.07) is 15.9. The van der Waals surface area contributed by atoms with Crippen LogP contribution in [0, 0.1) is 12.7 Å². The summed E-state index contributed by atoms with van der Waals surface area (Å²) in [4.78, 5) is 21.6. The van der Waals surface area contributed by atoms with Crippen molar-refractivity contribution in [1.82, 2.24) is 24.9 Å². The quantitative estimate of drug-likeness (QED) is 0.442. The lowest BCUT2D eigenvalue weighted by Crippen LogP contribution is -1.92. The lowest BCUT2D eigenvalue weighted by atomic mass is 10.1. The summed E-state index contributed by atoms with van der Waals surface area (Å²) in [6.45, 7) is 1.94. The van der Waals surface area contributed by atoms with E-state index in [9.17, 15) is 9.50 Å². The van der Waals surface area contributed by atoms with Gasteiger partial charge in [-0.2, -0.15) is 0 Å². The number of H-pyrrole nitrogens is 1. The molecule has 0 saturated carbocycles. The summed E-state index contributed by atoms with van der Waals surface area (Å²) in [5.74, 6) is -0.345. The number of aromatic hydroxyl groups is 1. The van der Waals surface area contributed by atoms with Crippen LogP contribution >= 0.6 is 0 Å². The van der Waals surface area contributed by atoms with Crippen LogP contribution in [0.1, 0.15) is 17.1 Å². The van der Waals surface area contributed by atoms with Gasteiger partial charge in [-0.3, -0.25) is 15.0 Å². The maximum absolute atomic E-state index is 13.4. The maximum Gasteiger partial charge on any atom is 0.164 e. The standard InChI is InChI=1S/C24H18FN5O/c1-14-3-2-4-19(28-14)24-23(16-6-8-18-20(13-16)27-10-9-26-18)29-22(30-24)12-15-5-7-17(25)21(31)11-15/h2-11,13,31H,12H2,1H3,(H,29,30). The molecule has 2 aromatic carbocycles. The number of imidazole rings is 1. The van der Waals surface area contributed by atoms with Crippen LogP contribution in [0.5, 0.6) is 5.75 Å². The van der Waals surface area contributed by atoms with E-state index in [0.717, 1.165) is 44.9 Å². The topological polar surface area (TPSA) is 87.6 Å². The molecule has 0 atom stereocenters. The number of hydrogen-bond acceptors (Lipinski definition) is 5. The van der Waals surface area contributed by atoms with E-state index in [0.29, 0.717) is 12.2 Å². The third-order valence-corrected chi connectivity index (χ3v) is 5.02. The van der Waals surface area contributed by atoms with Crippen LogP contribution in [-0.4, -0.2) is 30.0 Å². The molecule has 152 valence electrons. The molecule has 5 aromatic rings. The average Bonchev–Trinajstić information content (AvgIpc) is 3.20. The van der Waals surface area contributed by atoms with Crippen molar-refractivity contribution in [2.45, 2.75) is 13.3 Å². The highest BCUT2D eigenvalue weighted by molar-refractivity contribution is 5.84. The number of rotatable bonds is 4. The molecule has 0 fully saturated rings. The fourth-order valence-corrected chi connectivity index (χ4v) is 3.55. The van der Waals surface area contributed by atoms with E-state index in [2.05, 4.69) is 19.9 Å². The van der Waals surface area contributed by atoms with Crippen LogP contribution in [0.15, 0.2) is 67.0 Å². The Morgan fingerprint density at radius 3 is 2.58 bits per heavy atom. The van der Waals surface area contributed by atoms with Crippen LogP contribution in [0.2, 0.25) is 0 Å². The van der Waals surface area contributed by atoms with Gasteiger partial charge in [-0.25, -0.2) is 9.37 Å². The summed E-state index contributed by atoms with van der Waals surface area (Å²) in [6.07, 6.45) is 3.72. The number of nitrogens with zero attached hydrogens (tertiary/aromatic N) is 4. The van der Waals surface area contributed by atoms with Crippen LogP contribution in [0.3, 0.4) is 0 Å². The summed E-state index contributed by atoms with van der Waals surface area (Å²) < 4.78 is 13.4. The predicted molar refractivity (Wildman–Crippen MR) is 116 cm³/mol. The molecule has 5 rings (SSSR count). The number of phenols is 1. The highest BCUT2D eigenvalue weighted by atomic mass is 19.1. The molecular formula is C24H18FN5O. The van der Waals surface area contributed by atoms with Gasteiger partial charge in [0.15, 0.2) is 11.6 Å². The number of fused-ring (bicyclic) bond motifs is 1. The Morgan fingerprint density at radius 2 is 1.77 bits per heavy atom. The first kappa shape index (κ1) is 18.9. The highest BCUT2D eigenvalue weighted by Gasteiger charge is 2.17. The average molecular weight is 411 g/mol. The molecule has 0 radical (unpaired) electrons. The van der Waals surface area contributed by atoms with Crippen molar-refractivity contribution in [2.24, 2.45) is 0 Å². The number of halogens is 1. The van der Waals surface area contributed by atoms with Crippen molar-refractivity contribution in [1.29, 1.82) is 0 Å². The largest absolute Gasteiger partial charge is 0.505 e. The van der Waals surface area contributed by atoms with Crippen LogP contribution in [-0.2, 0) is 6.42 Å². The second kappa shape index (κ2) is 7.60. The SMILES string of the molecule is Cc1cccc(-c2[nH]c(Cc3ccc(F)c(O)c3)nc2-c2ccc3nccnc3c2)n1. The van der Waals surface area contributed by atoms with Gasteiger partial charge >= 0.3 is 0 Å². The minimum Gasteiger partial charge on any atom is -0.505 e. The molecule has 0 spiro atoms. The first-order chi connectivity index (χ1) is 15.1. The Kier molecular flexibility index (Phi) is 4.63. The molecule has 6 nitrogen and oxygen atoms in total. The normalized spacial score (nSPS) is 11.2. The van der Waals surface area contributed by atoms with E-state index in [1.54, 1.807) is 18.5 Å². The highest BCUT2D eigenvalue weighted by Crippen LogP contribution is 2.31. The number of aromatic nitrogens is 5. The third kappa shape index (κ3) is 3.73. The van der Waals surface area contributed by atoms with E-state index in [4.69, 9.17) is 4.98 Å². The van der Waals surface area contributed by atoms with E-state index in [-0.39, 0.29) is 5.75 Å². The molecule has 3 aromatic heterocycles. The van der Waals surface area contributed by atoms with Crippen molar-refractivity contribution in [3.05, 3.63) is 89.9 Å². The molecule has 7 heteroatoms. The van der Waals surface area contributed by atoms with Crippen molar-refractivity contribution in [2.75, 3.05) is 0 Å². The number of aryl methyl sites for hydroxylation is 1. The number of phenolic OH excluding ortho intramolecular Hbond substituents is 1. The molecule has 0 aliphatic heterocycles. The number of pyridine rings is 1. The molecule has 31 heavy (non-hydrogen) atoms. The smallest absolute Gasteiger partial charge is 0.164 e. The summed E-state index contributed by atoms with van der Waals surface area (Å²) in [7, 11) is 0. The Hall–Kier alpha value is -4.13. The van der Waals surface area contributed by atoms with E-state index in [1.807, 2.05) is 43.3 Å². The Bertz CT molecular complexity index is 1410. The van der Waals surface area contributed by atoms with Crippen molar-refractivity contribution in [3.63, 3.8) is 0 Å². The van der Waals surface area contributed by atoms with E-state index < -0.39 is 5.82 Å². The molecule has 0 aliphatic rings. The van der Waals surface area contributed by atoms with Gasteiger partial charge in [0, 0.05) is 30.1 Å². The Labute approximate surface area is 177 Å². The predicted octanol–water partition coefficient (Wildman–Crippen LogP) is 4.83. The monoisotopic (exact) mass is 411 g/mol. The lowest BCUT2D eigenvalue weighted by molar-refractivity contribution is 0.431. The van der Waals surface area contributed by atoms with E-state index >= 15 is 0 Å².